The Balaban J connectivity index is 2.17. The fourth-order valence-corrected chi connectivity index (χ4v) is 1.19. The molecule has 0 spiro atoms. The fraction of sp³-hybridized carbons (Fsp3) is 0.750. The van der Waals surface area contributed by atoms with Crippen molar-refractivity contribution >= 4 is 18.0 Å². The van der Waals surface area contributed by atoms with Gasteiger partial charge in [-0.3, -0.25) is 0 Å². The standard InChI is InChI=1S/C4H9N3O2S/c1-9-4(8)6-3-2-5-7-10-3/h3,5,7H,2H2,1H3,(H,6,8). The van der Waals surface area contributed by atoms with Gasteiger partial charge in [0.2, 0.25) is 0 Å². The molecule has 6 heteroatoms. The zero-order valence-electron chi connectivity index (χ0n) is 5.51. The largest absolute Gasteiger partial charge is 0.453 e. The summed E-state index contributed by atoms with van der Waals surface area (Å²) in [5.74, 6) is 0. The molecule has 1 rings (SSSR count). The summed E-state index contributed by atoms with van der Waals surface area (Å²) < 4.78 is 4.39. The summed E-state index contributed by atoms with van der Waals surface area (Å²) in [6.45, 7) is 0.708. The number of methoxy groups -OCH3 is 1. The molecule has 0 saturated carbocycles. The van der Waals surface area contributed by atoms with E-state index in [1.807, 2.05) is 0 Å². The Kier molecular flexibility index (Phi) is 2.79. The number of nitrogens with one attached hydrogen (secondary N) is 3. The first-order valence-corrected chi connectivity index (χ1v) is 3.69. The maximum absolute atomic E-state index is 10.6. The number of carbonyl (C=O) groups is 1. The Morgan fingerprint density at radius 1 is 1.90 bits per heavy atom. The smallest absolute Gasteiger partial charge is 0.407 e. The highest BCUT2D eigenvalue weighted by Gasteiger charge is 2.16. The molecule has 0 aromatic heterocycles. The number of hydrogen-bond donors (Lipinski definition) is 3. The minimum atomic E-state index is -0.400. The van der Waals surface area contributed by atoms with E-state index in [9.17, 15) is 4.79 Å². The van der Waals surface area contributed by atoms with Gasteiger partial charge in [-0.25, -0.2) is 10.2 Å². The van der Waals surface area contributed by atoms with E-state index in [4.69, 9.17) is 0 Å². The fourth-order valence-electron chi connectivity index (χ4n) is 0.560. The lowest BCUT2D eigenvalue weighted by Crippen LogP contribution is -2.34. The second-order valence-electron chi connectivity index (χ2n) is 1.73. The predicted octanol–water partition coefficient (Wildman–Crippen LogP) is -0.576. The Labute approximate surface area is 63.0 Å². The van der Waals surface area contributed by atoms with E-state index in [0.717, 1.165) is 0 Å². The number of carbonyl (C=O) groups excluding carboxylic acids is 1. The second kappa shape index (κ2) is 3.65. The molecular weight excluding hydrogens is 154 g/mol. The van der Waals surface area contributed by atoms with Crippen LogP contribution in [-0.2, 0) is 4.74 Å². The lowest BCUT2D eigenvalue weighted by atomic mass is 10.6. The molecule has 1 unspecified atom stereocenters. The summed E-state index contributed by atoms with van der Waals surface area (Å²) in [6.07, 6.45) is -0.400. The second-order valence-corrected chi connectivity index (χ2v) is 2.73. The molecule has 3 N–H and O–H groups in total. The zero-order chi connectivity index (χ0) is 7.40. The van der Waals surface area contributed by atoms with Crippen molar-refractivity contribution < 1.29 is 9.53 Å². The monoisotopic (exact) mass is 163 g/mol. The van der Waals surface area contributed by atoms with Gasteiger partial charge in [0, 0.05) is 6.54 Å². The highest BCUT2D eigenvalue weighted by atomic mass is 32.2. The maximum Gasteiger partial charge on any atom is 0.407 e. The average molecular weight is 163 g/mol. The summed E-state index contributed by atoms with van der Waals surface area (Å²) >= 11 is 1.41. The minimum absolute atomic E-state index is 0.0625. The van der Waals surface area contributed by atoms with Crippen LogP contribution in [0.3, 0.4) is 0 Å². The van der Waals surface area contributed by atoms with Crippen molar-refractivity contribution in [2.24, 2.45) is 0 Å². The Hall–Kier alpha value is -0.460. The summed E-state index contributed by atoms with van der Waals surface area (Å²) in [6, 6.07) is 0. The molecule has 5 nitrogen and oxygen atoms in total. The van der Waals surface area contributed by atoms with Crippen LogP contribution in [0.4, 0.5) is 4.79 Å². The van der Waals surface area contributed by atoms with Crippen molar-refractivity contribution in [1.82, 2.24) is 15.6 Å². The molecule has 1 aliphatic rings. The Morgan fingerprint density at radius 3 is 3.20 bits per heavy atom. The van der Waals surface area contributed by atoms with E-state index in [2.05, 4.69) is 20.3 Å². The third-order valence-electron chi connectivity index (χ3n) is 1.03. The third-order valence-corrected chi connectivity index (χ3v) is 1.86. The molecule has 0 aromatic rings. The number of rotatable bonds is 1. The van der Waals surface area contributed by atoms with Crippen LogP contribution in [0, 0.1) is 0 Å². The lowest BCUT2D eigenvalue weighted by molar-refractivity contribution is 0.170. The van der Waals surface area contributed by atoms with Crippen LogP contribution in [0.1, 0.15) is 0 Å². The molecule has 10 heavy (non-hydrogen) atoms. The highest BCUT2D eigenvalue weighted by molar-refractivity contribution is 7.98. The molecule has 0 aromatic carbocycles. The van der Waals surface area contributed by atoms with Crippen molar-refractivity contribution in [1.29, 1.82) is 0 Å². The molecule has 1 atom stereocenters. The molecule has 0 aliphatic carbocycles. The van der Waals surface area contributed by atoms with Gasteiger partial charge >= 0.3 is 6.09 Å². The maximum atomic E-state index is 10.6. The molecule has 58 valence electrons. The van der Waals surface area contributed by atoms with Crippen molar-refractivity contribution in [3.63, 3.8) is 0 Å². The van der Waals surface area contributed by atoms with Crippen molar-refractivity contribution in [3.05, 3.63) is 0 Å². The first-order chi connectivity index (χ1) is 4.83. The van der Waals surface area contributed by atoms with Crippen molar-refractivity contribution in [2.75, 3.05) is 13.7 Å². The number of amides is 1. The van der Waals surface area contributed by atoms with E-state index >= 15 is 0 Å². The first kappa shape index (κ1) is 7.64. The molecule has 1 amide bonds. The molecular formula is C4H9N3O2S. The van der Waals surface area contributed by atoms with Gasteiger partial charge in [0.1, 0.15) is 5.37 Å². The highest BCUT2D eigenvalue weighted by Crippen LogP contribution is 2.05. The predicted molar refractivity (Wildman–Crippen MR) is 38.1 cm³/mol. The van der Waals surface area contributed by atoms with Crippen LogP contribution in [0.25, 0.3) is 0 Å². The quantitative estimate of drug-likeness (QED) is 0.452. The van der Waals surface area contributed by atoms with Crippen LogP contribution >= 0.6 is 11.9 Å². The van der Waals surface area contributed by atoms with Gasteiger partial charge in [-0.1, -0.05) is 0 Å². The summed E-state index contributed by atoms with van der Waals surface area (Å²) in [7, 11) is 1.34. The minimum Gasteiger partial charge on any atom is -0.453 e. The van der Waals surface area contributed by atoms with Crippen molar-refractivity contribution in [3.8, 4) is 0 Å². The van der Waals surface area contributed by atoms with Crippen LogP contribution in [-0.4, -0.2) is 25.1 Å². The van der Waals surface area contributed by atoms with Crippen LogP contribution in [0.5, 0.6) is 0 Å². The van der Waals surface area contributed by atoms with E-state index in [0.29, 0.717) is 6.54 Å². The molecule has 1 heterocycles. The molecule has 1 fully saturated rings. The molecule has 1 saturated heterocycles. The third kappa shape index (κ3) is 2.05. The van der Waals surface area contributed by atoms with E-state index < -0.39 is 6.09 Å². The lowest BCUT2D eigenvalue weighted by Gasteiger charge is -2.06. The molecule has 1 aliphatic heterocycles. The van der Waals surface area contributed by atoms with E-state index in [1.54, 1.807) is 0 Å². The topological polar surface area (TPSA) is 62.4 Å². The zero-order valence-corrected chi connectivity index (χ0v) is 6.33. The summed E-state index contributed by atoms with van der Waals surface area (Å²) in [5.41, 5.74) is 2.84. The molecule has 0 bridgehead atoms. The number of ether oxygens (including phenoxy) is 1. The van der Waals surface area contributed by atoms with E-state index in [1.165, 1.54) is 19.1 Å². The van der Waals surface area contributed by atoms with Gasteiger partial charge in [0.05, 0.1) is 7.11 Å². The van der Waals surface area contributed by atoms with Crippen LogP contribution in [0.2, 0.25) is 0 Å². The average Bonchev–Trinajstić information content (AvgIpc) is 2.40. The summed E-state index contributed by atoms with van der Waals surface area (Å²) in [5, 5.41) is 2.67. The number of hydrazine groups is 1. The van der Waals surface area contributed by atoms with Crippen LogP contribution < -0.4 is 15.6 Å². The number of alkyl carbamates (subject to hydrolysis) is 1. The number of hydrogen-bond acceptors (Lipinski definition) is 5. The van der Waals surface area contributed by atoms with E-state index in [-0.39, 0.29) is 5.37 Å². The van der Waals surface area contributed by atoms with Gasteiger partial charge in [-0.05, 0) is 11.9 Å². The molecule has 0 radical (unpaired) electrons. The van der Waals surface area contributed by atoms with Gasteiger partial charge < -0.3 is 10.1 Å². The van der Waals surface area contributed by atoms with Gasteiger partial charge in [0.15, 0.2) is 0 Å². The van der Waals surface area contributed by atoms with Crippen LogP contribution in [0.15, 0.2) is 0 Å². The van der Waals surface area contributed by atoms with Gasteiger partial charge in [-0.15, -0.1) is 0 Å². The Bertz CT molecular complexity index is 126. The SMILES string of the molecule is COC(=O)NC1CNNS1. The van der Waals surface area contributed by atoms with Gasteiger partial charge in [-0.2, -0.15) is 4.83 Å². The van der Waals surface area contributed by atoms with Gasteiger partial charge in [0.25, 0.3) is 0 Å². The van der Waals surface area contributed by atoms with Crippen molar-refractivity contribution in [2.45, 2.75) is 5.37 Å². The Morgan fingerprint density at radius 2 is 2.70 bits per heavy atom. The summed E-state index contributed by atoms with van der Waals surface area (Å²) in [4.78, 5) is 13.4. The normalized spacial score (nSPS) is 24.3. The first-order valence-electron chi connectivity index (χ1n) is 2.81.